The molecule has 4 rings (SSSR count). The molecule has 0 saturated heterocycles. The smallest absolute Gasteiger partial charge is 0.228 e. The molecule has 4 heteroatoms. The van der Waals surface area contributed by atoms with Crippen molar-refractivity contribution in [3.63, 3.8) is 0 Å². The molecule has 2 N–H and O–H groups in total. The number of anilines is 1. The van der Waals surface area contributed by atoms with Crippen LogP contribution in [0.25, 0.3) is 22.4 Å². The minimum atomic E-state index is -0.0103. The van der Waals surface area contributed by atoms with Crippen molar-refractivity contribution < 1.29 is 4.79 Å². The van der Waals surface area contributed by atoms with Gasteiger partial charge in [-0.1, -0.05) is 36.4 Å². The highest BCUT2D eigenvalue weighted by Crippen LogP contribution is 2.25. The van der Waals surface area contributed by atoms with E-state index >= 15 is 0 Å². The minimum Gasteiger partial charge on any atom is -0.338 e. The highest BCUT2D eigenvalue weighted by molar-refractivity contribution is 5.93. The van der Waals surface area contributed by atoms with Crippen LogP contribution in [-0.4, -0.2) is 15.9 Å². The Morgan fingerprint density at radius 1 is 0.963 bits per heavy atom. The predicted molar refractivity (Wildman–Crippen MR) is 110 cm³/mol. The number of hydrogen-bond donors (Lipinski definition) is 2. The Balaban J connectivity index is 1.53. The first-order valence-electron chi connectivity index (χ1n) is 9.00. The lowest BCUT2D eigenvalue weighted by molar-refractivity contribution is -0.115. The Hall–Kier alpha value is -3.40. The molecule has 0 unspecified atom stereocenters. The van der Waals surface area contributed by atoms with Gasteiger partial charge in [-0.05, 0) is 60.9 Å². The number of para-hydroxylation sites is 2. The van der Waals surface area contributed by atoms with Crippen LogP contribution in [0, 0.1) is 13.8 Å². The summed E-state index contributed by atoms with van der Waals surface area (Å²) >= 11 is 0. The number of H-pyrrole nitrogens is 1. The van der Waals surface area contributed by atoms with Crippen LogP contribution in [0.2, 0.25) is 0 Å². The van der Waals surface area contributed by atoms with Crippen molar-refractivity contribution in [2.45, 2.75) is 20.3 Å². The number of fused-ring (bicyclic) bond motifs is 1. The molecule has 0 radical (unpaired) electrons. The Morgan fingerprint density at radius 2 is 1.74 bits per heavy atom. The number of hydrogen-bond acceptors (Lipinski definition) is 2. The lowest BCUT2D eigenvalue weighted by atomic mass is 10.1. The molecule has 27 heavy (non-hydrogen) atoms. The molecule has 4 aromatic rings. The number of rotatable bonds is 4. The van der Waals surface area contributed by atoms with E-state index in [2.05, 4.69) is 15.3 Å². The van der Waals surface area contributed by atoms with E-state index in [0.29, 0.717) is 6.42 Å². The fourth-order valence-electron chi connectivity index (χ4n) is 3.22. The van der Waals surface area contributed by atoms with Crippen LogP contribution in [0.15, 0.2) is 66.7 Å². The summed E-state index contributed by atoms with van der Waals surface area (Å²) < 4.78 is 0. The van der Waals surface area contributed by atoms with Gasteiger partial charge in [-0.15, -0.1) is 0 Å². The zero-order chi connectivity index (χ0) is 18.8. The standard InChI is InChI=1S/C23H21N3O/c1-15-7-3-4-8-17(15)14-22(27)24-19-12-11-18(13-16(19)2)23-25-20-9-5-6-10-21(20)26-23/h3-13H,14H2,1-2H3,(H,24,27)(H,25,26). The zero-order valence-electron chi connectivity index (χ0n) is 15.4. The summed E-state index contributed by atoms with van der Waals surface area (Å²) in [7, 11) is 0. The van der Waals surface area contributed by atoms with Crippen molar-refractivity contribution in [2.75, 3.05) is 5.32 Å². The van der Waals surface area contributed by atoms with Gasteiger partial charge >= 0.3 is 0 Å². The first-order chi connectivity index (χ1) is 13.1. The normalized spacial score (nSPS) is 10.9. The maximum absolute atomic E-state index is 12.4. The topological polar surface area (TPSA) is 57.8 Å². The molecule has 0 bridgehead atoms. The van der Waals surface area contributed by atoms with Gasteiger partial charge in [-0.2, -0.15) is 0 Å². The number of nitrogens with one attached hydrogen (secondary N) is 2. The first-order valence-corrected chi connectivity index (χ1v) is 9.00. The maximum atomic E-state index is 12.4. The second-order valence-electron chi connectivity index (χ2n) is 6.78. The second kappa shape index (κ2) is 7.08. The molecule has 1 amide bonds. The van der Waals surface area contributed by atoms with E-state index in [1.165, 1.54) is 0 Å². The number of imidazole rings is 1. The van der Waals surface area contributed by atoms with Gasteiger partial charge < -0.3 is 10.3 Å². The number of nitrogens with zero attached hydrogens (tertiary/aromatic N) is 1. The van der Waals surface area contributed by atoms with Gasteiger partial charge in [0.2, 0.25) is 5.91 Å². The Bertz CT molecular complexity index is 1090. The van der Waals surface area contributed by atoms with Gasteiger partial charge in [0, 0.05) is 11.3 Å². The molecule has 4 nitrogen and oxygen atoms in total. The molecule has 0 aliphatic carbocycles. The summed E-state index contributed by atoms with van der Waals surface area (Å²) in [5.74, 6) is 0.820. The second-order valence-corrected chi connectivity index (χ2v) is 6.78. The number of amides is 1. The average Bonchev–Trinajstić information content (AvgIpc) is 3.09. The molecule has 0 saturated carbocycles. The fourth-order valence-corrected chi connectivity index (χ4v) is 3.22. The van der Waals surface area contributed by atoms with Crippen LogP contribution in [0.4, 0.5) is 5.69 Å². The molecular formula is C23H21N3O. The molecule has 0 fully saturated rings. The van der Waals surface area contributed by atoms with Gasteiger partial charge in [-0.3, -0.25) is 4.79 Å². The number of carbonyl (C=O) groups is 1. The third-order valence-electron chi connectivity index (χ3n) is 4.78. The summed E-state index contributed by atoms with van der Waals surface area (Å²) in [6, 6.07) is 21.9. The lowest BCUT2D eigenvalue weighted by Crippen LogP contribution is -2.15. The summed E-state index contributed by atoms with van der Waals surface area (Å²) in [5.41, 5.74) is 6.97. The van der Waals surface area contributed by atoms with Gasteiger partial charge in [0.15, 0.2) is 0 Å². The van der Waals surface area contributed by atoms with E-state index in [9.17, 15) is 4.79 Å². The number of aryl methyl sites for hydroxylation is 2. The van der Waals surface area contributed by atoms with Crippen molar-refractivity contribution in [3.8, 4) is 11.4 Å². The molecule has 134 valence electrons. The fraction of sp³-hybridized carbons (Fsp3) is 0.130. The van der Waals surface area contributed by atoms with E-state index < -0.39 is 0 Å². The van der Waals surface area contributed by atoms with Crippen LogP contribution < -0.4 is 5.32 Å². The van der Waals surface area contributed by atoms with E-state index in [0.717, 1.165) is 44.8 Å². The molecule has 1 aromatic heterocycles. The SMILES string of the molecule is Cc1ccccc1CC(=O)Nc1ccc(-c2nc3ccccc3[nH]2)cc1C. The van der Waals surface area contributed by atoms with Crippen LogP contribution in [0.3, 0.4) is 0 Å². The third-order valence-corrected chi connectivity index (χ3v) is 4.78. The highest BCUT2D eigenvalue weighted by Gasteiger charge is 2.10. The minimum absolute atomic E-state index is 0.0103. The largest absolute Gasteiger partial charge is 0.338 e. The zero-order valence-corrected chi connectivity index (χ0v) is 15.4. The maximum Gasteiger partial charge on any atom is 0.228 e. The third kappa shape index (κ3) is 3.60. The molecule has 0 spiro atoms. The Kier molecular flexibility index (Phi) is 4.47. The van der Waals surface area contributed by atoms with E-state index in [-0.39, 0.29) is 5.91 Å². The Morgan fingerprint density at radius 3 is 2.52 bits per heavy atom. The lowest BCUT2D eigenvalue weighted by Gasteiger charge is -2.11. The van der Waals surface area contributed by atoms with Gasteiger partial charge in [0.05, 0.1) is 17.5 Å². The Labute approximate surface area is 158 Å². The van der Waals surface area contributed by atoms with E-state index in [4.69, 9.17) is 0 Å². The van der Waals surface area contributed by atoms with Crippen molar-refractivity contribution in [1.82, 2.24) is 9.97 Å². The number of aromatic nitrogens is 2. The number of aromatic amines is 1. The molecular weight excluding hydrogens is 334 g/mol. The molecule has 1 heterocycles. The van der Waals surface area contributed by atoms with Crippen molar-refractivity contribution in [1.29, 1.82) is 0 Å². The summed E-state index contributed by atoms with van der Waals surface area (Å²) in [4.78, 5) is 20.4. The molecule has 3 aromatic carbocycles. The summed E-state index contributed by atoms with van der Waals surface area (Å²) in [6.07, 6.45) is 0.372. The number of benzene rings is 3. The van der Waals surface area contributed by atoms with Crippen LogP contribution in [-0.2, 0) is 11.2 Å². The first kappa shape index (κ1) is 17.0. The highest BCUT2D eigenvalue weighted by atomic mass is 16.1. The molecule has 0 aliphatic heterocycles. The monoisotopic (exact) mass is 355 g/mol. The van der Waals surface area contributed by atoms with Crippen molar-refractivity contribution in [2.24, 2.45) is 0 Å². The van der Waals surface area contributed by atoms with Crippen molar-refractivity contribution >= 4 is 22.6 Å². The molecule has 0 atom stereocenters. The van der Waals surface area contributed by atoms with Gasteiger partial charge in [0.25, 0.3) is 0 Å². The molecule has 0 aliphatic rings. The van der Waals surface area contributed by atoms with Crippen LogP contribution >= 0.6 is 0 Å². The number of carbonyl (C=O) groups excluding carboxylic acids is 1. The quantitative estimate of drug-likeness (QED) is 0.539. The van der Waals surface area contributed by atoms with Gasteiger partial charge in [-0.25, -0.2) is 4.98 Å². The van der Waals surface area contributed by atoms with E-state index in [1.54, 1.807) is 0 Å². The van der Waals surface area contributed by atoms with Crippen LogP contribution in [0.1, 0.15) is 16.7 Å². The van der Waals surface area contributed by atoms with E-state index in [1.807, 2.05) is 80.6 Å². The van der Waals surface area contributed by atoms with Crippen LogP contribution in [0.5, 0.6) is 0 Å². The summed E-state index contributed by atoms with van der Waals surface area (Å²) in [6.45, 7) is 4.02. The predicted octanol–water partition coefficient (Wildman–Crippen LogP) is 5.03. The van der Waals surface area contributed by atoms with Crippen molar-refractivity contribution in [3.05, 3.63) is 83.4 Å². The summed E-state index contributed by atoms with van der Waals surface area (Å²) in [5, 5.41) is 3.02. The van der Waals surface area contributed by atoms with Gasteiger partial charge in [0.1, 0.15) is 5.82 Å². The average molecular weight is 355 g/mol.